The van der Waals surface area contributed by atoms with Gasteiger partial charge in [-0.05, 0) is 31.2 Å². The number of hydrogen-bond acceptors (Lipinski definition) is 2. The Morgan fingerprint density at radius 3 is 2.95 bits per heavy atom. The zero-order valence-electron chi connectivity index (χ0n) is 11.7. The maximum absolute atomic E-state index is 13.6. The number of amides is 1. The quantitative estimate of drug-likeness (QED) is 0.796. The van der Waals surface area contributed by atoms with Crippen LogP contribution in [-0.2, 0) is 0 Å². The normalized spacial score (nSPS) is 19.8. The largest absolute Gasteiger partial charge is 0.339 e. The van der Waals surface area contributed by atoms with E-state index in [1.807, 2.05) is 0 Å². The van der Waals surface area contributed by atoms with E-state index in [1.165, 1.54) is 12.5 Å². The van der Waals surface area contributed by atoms with Gasteiger partial charge in [0.1, 0.15) is 0 Å². The highest BCUT2D eigenvalue weighted by Gasteiger charge is 2.24. The standard InChI is InChI=1S/C15H20F2N2O/c1-2-4-11-5-3-9-19(10-7-11)15(20)12-6-8-18-14(17)13(12)16/h6,8,11H,2-5,7,9-10H2,1H3. The second-order valence-electron chi connectivity index (χ2n) is 5.34. The van der Waals surface area contributed by atoms with Crippen molar-refractivity contribution in [2.75, 3.05) is 13.1 Å². The molecular formula is C15H20F2N2O. The van der Waals surface area contributed by atoms with Gasteiger partial charge in [0.2, 0.25) is 5.95 Å². The molecule has 0 aliphatic carbocycles. The molecule has 1 amide bonds. The molecule has 1 aliphatic rings. The van der Waals surface area contributed by atoms with Crippen LogP contribution >= 0.6 is 0 Å². The van der Waals surface area contributed by atoms with Crippen LogP contribution in [0.5, 0.6) is 0 Å². The van der Waals surface area contributed by atoms with Crippen LogP contribution in [0.2, 0.25) is 0 Å². The van der Waals surface area contributed by atoms with Crippen molar-refractivity contribution in [3.05, 3.63) is 29.6 Å². The van der Waals surface area contributed by atoms with Crippen LogP contribution in [0.25, 0.3) is 0 Å². The lowest BCUT2D eigenvalue weighted by Gasteiger charge is -2.21. The Labute approximate surface area is 118 Å². The highest BCUT2D eigenvalue weighted by atomic mass is 19.2. The lowest BCUT2D eigenvalue weighted by Crippen LogP contribution is -2.32. The topological polar surface area (TPSA) is 33.2 Å². The van der Waals surface area contributed by atoms with E-state index in [0.717, 1.165) is 31.9 Å². The molecular weight excluding hydrogens is 262 g/mol. The predicted octanol–water partition coefficient (Wildman–Crippen LogP) is 3.40. The van der Waals surface area contributed by atoms with Crippen molar-refractivity contribution in [2.24, 2.45) is 5.92 Å². The molecule has 0 radical (unpaired) electrons. The van der Waals surface area contributed by atoms with E-state index in [0.29, 0.717) is 19.0 Å². The second-order valence-corrected chi connectivity index (χ2v) is 5.34. The zero-order chi connectivity index (χ0) is 14.5. The molecule has 1 unspecified atom stereocenters. The number of carbonyl (C=O) groups excluding carboxylic acids is 1. The first-order valence-electron chi connectivity index (χ1n) is 7.22. The summed E-state index contributed by atoms with van der Waals surface area (Å²) in [5.74, 6) is -2.15. The molecule has 20 heavy (non-hydrogen) atoms. The molecule has 1 aliphatic heterocycles. The van der Waals surface area contributed by atoms with E-state index in [1.54, 1.807) is 4.90 Å². The lowest BCUT2D eigenvalue weighted by molar-refractivity contribution is 0.0753. The number of aromatic nitrogens is 1. The Morgan fingerprint density at radius 2 is 2.20 bits per heavy atom. The minimum atomic E-state index is -1.21. The maximum atomic E-state index is 13.6. The molecule has 1 atom stereocenters. The Morgan fingerprint density at radius 1 is 1.40 bits per heavy atom. The van der Waals surface area contributed by atoms with Crippen molar-refractivity contribution in [3.8, 4) is 0 Å². The molecule has 0 saturated carbocycles. The van der Waals surface area contributed by atoms with Crippen LogP contribution in [0.4, 0.5) is 8.78 Å². The molecule has 1 fully saturated rings. The summed E-state index contributed by atoms with van der Waals surface area (Å²) in [6, 6.07) is 1.25. The summed E-state index contributed by atoms with van der Waals surface area (Å²) in [6.07, 6.45) is 6.40. The number of rotatable bonds is 3. The van der Waals surface area contributed by atoms with Gasteiger partial charge >= 0.3 is 0 Å². The Bertz CT molecular complexity index is 479. The minimum absolute atomic E-state index is 0.216. The molecule has 1 aromatic rings. The SMILES string of the molecule is CCCC1CCCN(C(=O)c2ccnc(F)c2F)CC1. The van der Waals surface area contributed by atoms with Crippen molar-refractivity contribution in [1.82, 2.24) is 9.88 Å². The summed E-state index contributed by atoms with van der Waals surface area (Å²) in [5, 5.41) is 0. The fraction of sp³-hybridized carbons (Fsp3) is 0.600. The third-order valence-corrected chi connectivity index (χ3v) is 3.91. The fourth-order valence-corrected chi connectivity index (χ4v) is 2.82. The molecule has 5 heteroatoms. The molecule has 2 rings (SSSR count). The zero-order valence-corrected chi connectivity index (χ0v) is 11.7. The summed E-state index contributed by atoms with van der Waals surface area (Å²) in [6.45, 7) is 3.39. The molecule has 2 heterocycles. The van der Waals surface area contributed by atoms with Gasteiger partial charge in [-0.2, -0.15) is 4.39 Å². The first kappa shape index (κ1) is 14.9. The van der Waals surface area contributed by atoms with E-state index in [-0.39, 0.29) is 5.56 Å². The predicted molar refractivity (Wildman–Crippen MR) is 72.3 cm³/mol. The van der Waals surface area contributed by atoms with Crippen molar-refractivity contribution >= 4 is 5.91 Å². The molecule has 1 saturated heterocycles. The average Bonchev–Trinajstić information content (AvgIpc) is 2.67. The van der Waals surface area contributed by atoms with Crippen LogP contribution < -0.4 is 0 Å². The van der Waals surface area contributed by atoms with Gasteiger partial charge in [-0.1, -0.05) is 19.8 Å². The van der Waals surface area contributed by atoms with Crippen LogP contribution in [0.15, 0.2) is 12.3 Å². The summed E-state index contributed by atoms with van der Waals surface area (Å²) < 4.78 is 26.7. The third kappa shape index (κ3) is 3.32. The Kier molecular flexibility index (Phi) is 5.04. The van der Waals surface area contributed by atoms with Crippen molar-refractivity contribution < 1.29 is 13.6 Å². The molecule has 3 nitrogen and oxygen atoms in total. The first-order valence-corrected chi connectivity index (χ1v) is 7.22. The highest BCUT2D eigenvalue weighted by molar-refractivity contribution is 5.94. The summed E-state index contributed by atoms with van der Waals surface area (Å²) in [5.41, 5.74) is -0.216. The fourth-order valence-electron chi connectivity index (χ4n) is 2.82. The maximum Gasteiger partial charge on any atom is 0.257 e. The van der Waals surface area contributed by atoms with Gasteiger partial charge < -0.3 is 4.90 Å². The van der Waals surface area contributed by atoms with Gasteiger partial charge in [-0.3, -0.25) is 4.79 Å². The molecule has 110 valence electrons. The van der Waals surface area contributed by atoms with Crippen LogP contribution in [0, 0.1) is 17.7 Å². The third-order valence-electron chi connectivity index (χ3n) is 3.91. The van der Waals surface area contributed by atoms with E-state index in [4.69, 9.17) is 0 Å². The first-order chi connectivity index (χ1) is 9.63. The van der Waals surface area contributed by atoms with Crippen LogP contribution in [0.3, 0.4) is 0 Å². The van der Waals surface area contributed by atoms with Gasteiger partial charge in [0.25, 0.3) is 5.91 Å². The Balaban J connectivity index is 2.07. The molecule has 0 aromatic carbocycles. The van der Waals surface area contributed by atoms with Gasteiger partial charge in [0, 0.05) is 19.3 Å². The number of pyridine rings is 1. The summed E-state index contributed by atoms with van der Waals surface area (Å²) >= 11 is 0. The average molecular weight is 282 g/mol. The second kappa shape index (κ2) is 6.77. The van der Waals surface area contributed by atoms with E-state index in [2.05, 4.69) is 11.9 Å². The molecule has 0 spiro atoms. The van der Waals surface area contributed by atoms with Crippen LogP contribution in [0.1, 0.15) is 49.4 Å². The van der Waals surface area contributed by atoms with Crippen molar-refractivity contribution in [1.29, 1.82) is 0 Å². The minimum Gasteiger partial charge on any atom is -0.339 e. The van der Waals surface area contributed by atoms with Gasteiger partial charge in [-0.15, -0.1) is 0 Å². The number of hydrogen-bond donors (Lipinski definition) is 0. The van der Waals surface area contributed by atoms with Gasteiger partial charge in [0.15, 0.2) is 5.82 Å². The number of likely N-dealkylation sites (tertiary alicyclic amines) is 1. The van der Waals surface area contributed by atoms with E-state index in [9.17, 15) is 13.6 Å². The summed E-state index contributed by atoms with van der Waals surface area (Å²) in [4.78, 5) is 17.1. The molecule has 0 bridgehead atoms. The smallest absolute Gasteiger partial charge is 0.257 e. The summed E-state index contributed by atoms with van der Waals surface area (Å²) in [7, 11) is 0. The molecule has 1 aromatic heterocycles. The van der Waals surface area contributed by atoms with Crippen molar-refractivity contribution in [2.45, 2.75) is 39.0 Å². The van der Waals surface area contributed by atoms with Crippen molar-refractivity contribution in [3.63, 3.8) is 0 Å². The Hall–Kier alpha value is -1.52. The number of carbonyl (C=O) groups is 1. The molecule has 0 N–H and O–H groups in total. The van der Waals surface area contributed by atoms with Gasteiger partial charge in [0.05, 0.1) is 5.56 Å². The highest BCUT2D eigenvalue weighted by Crippen LogP contribution is 2.23. The van der Waals surface area contributed by atoms with E-state index < -0.39 is 17.7 Å². The lowest BCUT2D eigenvalue weighted by atomic mass is 9.96. The van der Waals surface area contributed by atoms with E-state index >= 15 is 0 Å². The van der Waals surface area contributed by atoms with Gasteiger partial charge in [-0.25, -0.2) is 9.37 Å². The monoisotopic (exact) mass is 282 g/mol. The number of nitrogens with zero attached hydrogens (tertiary/aromatic N) is 2. The number of halogens is 2. The van der Waals surface area contributed by atoms with Crippen LogP contribution in [-0.4, -0.2) is 28.9 Å².